The van der Waals surface area contributed by atoms with E-state index in [4.69, 9.17) is 10.2 Å². The summed E-state index contributed by atoms with van der Waals surface area (Å²) in [5.41, 5.74) is 6.82. The topological polar surface area (TPSA) is 39.2 Å². The quantitative estimate of drug-likeness (QED) is 0.757. The van der Waals surface area contributed by atoms with Crippen molar-refractivity contribution in [2.45, 2.75) is 13.0 Å². The van der Waals surface area contributed by atoms with Gasteiger partial charge in [0, 0.05) is 15.1 Å². The fourth-order valence-electron chi connectivity index (χ4n) is 1.95. The predicted octanol–water partition coefficient (Wildman–Crippen LogP) is 3.99. The maximum atomic E-state index is 13.1. The van der Waals surface area contributed by atoms with E-state index in [-0.39, 0.29) is 11.9 Å². The number of hydrogen-bond donors (Lipinski definition) is 1. The molecule has 92 valence electrons. The largest absolute Gasteiger partial charge is 0.459 e. The van der Waals surface area contributed by atoms with Crippen molar-refractivity contribution in [1.29, 1.82) is 0 Å². The molecule has 1 atom stereocenters. The summed E-state index contributed by atoms with van der Waals surface area (Å²) in [6.07, 6.45) is 0. The summed E-state index contributed by atoms with van der Waals surface area (Å²) in [4.78, 5) is 2.26. The second-order valence-corrected chi connectivity index (χ2v) is 5.58. The zero-order chi connectivity index (χ0) is 12.7. The third-order valence-corrected chi connectivity index (χ3v) is 3.96. The Labute approximate surface area is 108 Å². The maximum Gasteiger partial charge on any atom is 0.134 e. The molecule has 2 nitrogen and oxygen atoms in total. The summed E-state index contributed by atoms with van der Waals surface area (Å²) in [7, 11) is 0. The highest BCUT2D eigenvalue weighted by atomic mass is 32.1. The Hall–Kier alpha value is -1.65. The Morgan fingerprint density at radius 1 is 1.22 bits per heavy atom. The lowest BCUT2D eigenvalue weighted by Gasteiger charge is -2.04. The summed E-state index contributed by atoms with van der Waals surface area (Å²) < 4.78 is 18.8. The van der Waals surface area contributed by atoms with Crippen LogP contribution in [-0.4, -0.2) is 0 Å². The van der Waals surface area contributed by atoms with E-state index >= 15 is 0 Å². The molecule has 0 amide bonds. The third-order valence-electron chi connectivity index (χ3n) is 2.87. The van der Waals surface area contributed by atoms with Crippen LogP contribution < -0.4 is 5.73 Å². The van der Waals surface area contributed by atoms with Gasteiger partial charge in [-0.3, -0.25) is 0 Å². The van der Waals surface area contributed by atoms with Crippen LogP contribution in [0.25, 0.3) is 11.0 Å². The zero-order valence-electron chi connectivity index (χ0n) is 9.81. The van der Waals surface area contributed by atoms with E-state index in [0.717, 1.165) is 10.3 Å². The molecule has 3 aromatic rings. The maximum absolute atomic E-state index is 13.1. The molecule has 0 aliphatic heterocycles. The van der Waals surface area contributed by atoms with Crippen molar-refractivity contribution in [2.75, 3.05) is 0 Å². The Morgan fingerprint density at radius 2 is 2.06 bits per heavy atom. The van der Waals surface area contributed by atoms with Gasteiger partial charge in [0.15, 0.2) is 0 Å². The highest BCUT2D eigenvalue weighted by Gasteiger charge is 2.15. The molecule has 3 rings (SSSR count). The summed E-state index contributed by atoms with van der Waals surface area (Å²) in [5, 5.41) is 0.744. The fourth-order valence-corrected chi connectivity index (χ4v) is 2.84. The van der Waals surface area contributed by atoms with E-state index in [2.05, 4.69) is 0 Å². The van der Waals surface area contributed by atoms with E-state index in [0.29, 0.717) is 11.3 Å². The van der Waals surface area contributed by atoms with E-state index < -0.39 is 0 Å². The van der Waals surface area contributed by atoms with Gasteiger partial charge in [-0.05, 0) is 43.3 Å². The Balaban J connectivity index is 2.03. The molecule has 0 saturated carbocycles. The molecule has 0 spiro atoms. The predicted molar refractivity (Wildman–Crippen MR) is 71.3 cm³/mol. The van der Waals surface area contributed by atoms with Gasteiger partial charge in [0.2, 0.25) is 0 Å². The number of furan rings is 1. The SMILES string of the molecule is Cc1ccc(C(N)c2cc3cc(F)ccc3o2)s1. The monoisotopic (exact) mass is 261 g/mol. The number of hydrogen-bond acceptors (Lipinski definition) is 3. The van der Waals surface area contributed by atoms with Gasteiger partial charge in [0.05, 0.1) is 6.04 Å². The standard InChI is InChI=1S/C14H12FNOS/c1-8-2-5-13(18-8)14(16)12-7-9-6-10(15)3-4-11(9)17-12/h2-7,14H,16H2,1H3. The van der Waals surface area contributed by atoms with Gasteiger partial charge in [0.1, 0.15) is 17.2 Å². The van der Waals surface area contributed by atoms with Crippen LogP contribution >= 0.6 is 11.3 Å². The summed E-state index contributed by atoms with van der Waals surface area (Å²) in [6, 6.07) is 10.0. The zero-order valence-corrected chi connectivity index (χ0v) is 10.6. The molecule has 18 heavy (non-hydrogen) atoms. The van der Waals surface area contributed by atoms with Crippen molar-refractivity contribution in [3.8, 4) is 0 Å². The number of aryl methyl sites for hydroxylation is 1. The Kier molecular flexibility index (Phi) is 2.69. The minimum atomic E-state index is -0.292. The van der Waals surface area contributed by atoms with Crippen LogP contribution in [0.3, 0.4) is 0 Å². The van der Waals surface area contributed by atoms with Crippen molar-refractivity contribution in [3.05, 3.63) is 57.7 Å². The molecule has 1 aromatic carbocycles. The summed E-state index contributed by atoms with van der Waals surface area (Å²) in [5.74, 6) is 0.396. The molecule has 0 aliphatic rings. The van der Waals surface area contributed by atoms with Gasteiger partial charge >= 0.3 is 0 Å². The number of nitrogens with two attached hydrogens (primary N) is 1. The van der Waals surface area contributed by atoms with Crippen LogP contribution in [-0.2, 0) is 0 Å². The minimum Gasteiger partial charge on any atom is -0.459 e. The Morgan fingerprint density at radius 3 is 2.78 bits per heavy atom. The average molecular weight is 261 g/mol. The third kappa shape index (κ3) is 1.94. The average Bonchev–Trinajstić information content (AvgIpc) is 2.93. The summed E-state index contributed by atoms with van der Waals surface area (Å²) >= 11 is 1.64. The Bertz CT molecular complexity index is 701. The molecule has 0 radical (unpaired) electrons. The van der Waals surface area contributed by atoms with E-state index in [1.165, 1.54) is 17.0 Å². The smallest absolute Gasteiger partial charge is 0.134 e. The van der Waals surface area contributed by atoms with Crippen molar-refractivity contribution < 1.29 is 8.81 Å². The van der Waals surface area contributed by atoms with Gasteiger partial charge in [0.25, 0.3) is 0 Å². The molecule has 0 aliphatic carbocycles. The number of benzene rings is 1. The van der Waals surface area contributed by atoms with E-state index in [1.807, 2.05) is 19.1 Å². The minimum absolute atomic E-state index is 0.268. The highest BCUT2D eigenvalue weighted by molar-refractivity contribution is 7.12. The molecule has 2 heterocycles. The first-order valence-electron chi connectivity index (χ1n) is 5.64. The van der Waals surface area contributed by atoms with Gasteiger partial charge in [-0.25, -0.2) is 4.39 Å². The molecule has 0 fully saturated rings. The molecular weight excluding hydrogens is 249 g/mol. The number of thiophene rings is 1. The lowest BCUT2D eigenvalue weighted by molar-refractivity contribution is 0.527. The first-order chi connectivity index (χ1) is 8.63. The molecular formula is C14H12FNOS. The molecule has 0 bridgehead atoms. The second-order valence-electron chi connectivity index (χ2n) is 4.26. The normalized spacial score (nSPS) is 13.1. The van der Waals surface area contributed by atoms with E-state index in [1.54, 1.807) is 23.5 Å². The van der Waals surface area contributed by atoms with Gasteiger partial charge < -0.3 is 10.2 Å². The van der Waals surface area contributed by atoms with Gasteiger partial charge in [-0.2, -0.15) is 0 Å². The molecule has 0 saturated heterocycles. The molecule has 2 N–H and O–H groups in total. The van der Waals surface area contributed by atoms with Crippen LogP contribution in [0, 0.1) is 12.7 Å². The lowest BCUT2D eigenvalue weighted by Crippen LogP contribution is -2.08. The number of halogens is 1. The second kappa shape index (κ2) is 4.23. The van der Waals surface area contributed by atoms with Crippen LogP contribution in [0.5, 0.6) is 0 Å². The molecule has 2 aromatic heterocycles. The fraction of sp³-hybridized carbons (Fsp3) is 0.143. The van der Waals surface area contributed by atoms with Gasteiger partial charge in [-0.1, -0.05) is 0 Å². The number of fused-ring (bicyclic) bond motifs is 1. The number of rotatable bonds is 2. The van der Waals surface area contributed by atoms with Crippen LogP contribution in [0.1, 0.15) is 21.6 Å². The highest BCUT2D eigenvalue weighted by Crippen LogP contribution is 2.30. The lowest BCUT2D eigenvalue weighted by atomic mass is 10.2. The first-order valence-corrected chi connectivity index (χ1v) is 6.46. The molecule has 4 heteroatoms. The molecule has 1 unspecified atom stereocenters. The van der Waals surface area contributed by atoms with E-state index in [9.17, 15) is 4.39 Å². The van der Waals surface area contributed by atoms with Crippen molar-refractivity contribution in [3.63, 3.8) is 0 Å². The summed E-state index contributed by atoms with van der Waals surface area (Å²) in [6.45, 7) is 2.04. The van der Waals surface area contributed by atoms with Crippen LogP contribution in [0.15, 0.2) is 40.8 Å². The van der Waals surface area contributed by atoms with Crippen molar-refractivity contribution >= 4 is 22.3 Å². The van der Waals surface area contributed by atoms with Crippen LogP contribution in [0.4, 0.5) is 4.39 Å². The van der Waals surface area contributed by atoms with Gasteiger partial charge in [-0.15, -0.1) is 11.3 Å². The first kappa shape index (κ1) is 11.4. The van der Waals surface area contributed by atoms with Crippen molar-refractivity contribution in [1.82, 2.24) is 0 Å². The van der Waals surface area contributed by atoms with Crippen molar-refractivity contribution in [2.24, 2.45) is 5.73 Å². The van der Waals surface area contributed by atoms with Crippen LogP contribution in [0.2, 0.25) is 0 Å².